The molecule has 2 rings (SSSR count). The van der Waals surface area contributed by atoms with Crippen molar-refractivity contribution < 1.29 is 13.6 Å². The number of rotatable bonds is 5. The van der Waals surface area contributed by atoms with Gasteiger partial charge in [0.25, 0.3) is 0 Å². The van der Waals surface area contributed by atoms with Gasteiger partial charge in [-0.1, -0.05) is 17.8 Å². The molecule has 0 saturated carbocycles. The van der Waals surface area contributed by atoms with Crippen LogP contribution in [0.2, 0.25) is 0 Å². The van der Waals surface area contributed by atoms with Crippen molar-refractivity contribution in [2.24, 2.45) is 0 Å². The van der Waals surface area contributed by atoms with Crippen LogP contribution >= 0.6 is 23.1 Å². The summed E-state index contributed by atoms with van der Waals surface area (Å²) in [5.41, 5.74) is 1.18. The highest BCUT2D eigenvalue weighted by Gasteiger charge is 2.14. The molecule has 1 amide bonds. The molecule has 1 aromatic carbocycles. The van der Waals surface area contributed by atoms with Crippen molar-refractivity contribution >= 4 is 29.0 Å². The number of thioether (sulfide) groups is 1. The van der Waals surface area contributed by atoms with E-state index in [1.807, 2.05) is 12.3 Å². The number of hydrogen-bond donors (Lipinski definition) is 1. The van der Waals surface area contributed by atoms with E-state index in [0.717, 1.165) is 16.1 Å². The van der Waals surface area contributed by atoms with Gasteiger partial charge in [-0.2, -0.15) is 0 Å². The van der Waals surface area contributed by atoms with Gasteiger partial charge in [0.15, 0.2) is 4.34 Å². The number of thiazole rings is 1. The Kier molecular flexibility index (Phi) is 5.30. The van der Waals surface area contributed by atoms with E-state index in [0.29, 0.717) is 0 Å². The molecule has 0 aliphatic carbocycles. The summed E-state index contributed by atoms with van der Waals surface area (Å²) in [4.78, 5) is 16.1. The lowest BCUT2D eigenvalue weighted by molar-refractivity contribution is -0.119. The van der Waals surface area contributed by atoms with Crippen LogP contribution in [0, 0.1) is 18.6 Å². The van der Waals surface area contributed by atoms with Gasteiger partial charge in [-0.25, -0.2) is 13.8 Å². The van der Waals surface area contributed by atoms with Gasteiger partial charge < -0.3 is 5.32 Å². The number of hydrogen-bond acceptors (Lipinski definition) is 4. The summed E-state index contributed by atoms with van der Waals surface area (Å²) < 4.78 is 27.3. The second kappa shape index (κ2) is 7.00. The minimum absolute atomic E-state index is 0.208. The fourth-order valence-electron chi connectivity index (χ4n) is 1.74. The van der Waals surface area contributed by atoms with Crippen molar-refractivity contribution in [3.63, 3.8) is 0 Å². The van der Waals surface area contributed by atoms with E-state index in [1.54, 1.807) is 6.92 Å². The van der Waals surface area contributed by atoms with Crippen molar-refractivity contribution in [3.8, 4) is 0 Å². The van der Waals surface area contributed by atoms with E-state index in [-0.39, 0.29) is 17.2 Å². The molecule has 1 N–H and O–H groups in total. The molecular formula is C14H14F2N2OS2. The van der Waals surface area contributed by atoms with Crippen molar-refractivity contribution in [1.82, 2.24) is 10.3 Å². The molecule has 2 aromatic rings. The average molecular weight is 328 g/mol. The van der Waals surface area contributed by atoms with Crippen molar-refractivity contribution in [3.05, 3.63) is 46.5 Å². The highest BCUT2D eigenvalue weighted by atomic mass is 32.2. The Morgan fingerprint density at radius 2 is 2.24 bits per heavy atom. The first kappa shape index (κ1) is 15.9. The van der Waals surface area contributed by atoms with Gasteiger partial charge in [-0.15, -0.1) is 11.3 Å². The third-order valence-electron chi connectivity index (χ3n) is 2.73. The molecule has 1 aromatic heterocycles. The molecule has 3 nitrogen and oxygen atoms in total. The van der Waals surface area contributed by atoms with E-state index < -0.39 is 17.7 Å². The summed E-state index contributed by atoms with van der Waals surface area (Å²) >= 11 is 2.82. The predicted molar refractivity (Wildman–Crippen MR) is 80.5 cm³/mol. The van der Waals surface area contributed by atoms with Gasteiger partial charge in [0.1, 0.15) is 11.6 Å². The lowest BCUT2D eigenvalue weighted by Gasteiger charge is -2.14. The molecule has 0 aliphatic rings. The van der Waals surface area contributed by atoms with Gasteiger partial charge in [-0.05, 0) is 19.9 Å². The SMILES string of the molecule is Cc1csc(SCC(=O)N[C@H](C)c2ccc(F)cc2F)n1. The fraction of sp³-hybridized carbons (Fsp3) is 0.286. The van der Waals surface area contributed by atoms with Crippen LogP contribution < -0.4 is 5.32 Å². The topological polar surface area (TPSA) is 42.0 Å². The number of aromatic nitrogens is 1. The van der Waals surface area contributed by atoms with Crippen LogP contribution in [-0.2, 0) is 4.79 Å². The van der Waals surface area contributed by atoms with Crippen LogP contribution in [0.25, 0.3) is 0 Å². The standard InChI is InChI=1S/C14H14F2N2OS2/c1-8-6-20-14(17-8)21-7-13(19)18-9(2)11-4-3-10(15)5-12(11)16/h3-6,9H,7H2,1-2H3,(H,18,19)/t9-/m1/s1. The summed E-state index contributed by atoms with van der Waals surface area (Å²) in [6.07, 6.45) is 0. The fourth-order valence-corrected chi connectivity index (χ4v) is 3.40. The van der Waals surface area contributed by atoms with E-state index in [9.17, 15) is 13.6 Å². The Bertz CT molecular complexity index is 646. The first-order valence-electron chi connectivity index (χ1n) is 6.25. The Hall–Kier alpha value is -1.47. The zero-order chi connectivity index (χ0) is 15.4. The van der Waals surface area contributed by atoms with Crippen LogP contribution in [-0.4, -0.2) is 16.6 Å². The van der Waals surface area contributed by atoms with Crippen LogP contribution in [0.3, 0.4) is 0 Å². The zero-order valence-electron chi connectivity index (χ0n) is 11.5. The summed E-state index contributed by atoms with van der Waals surface area (Å²) in [6.45, 7) is 3.55. The monoisotopic (exact) mass is 328 g/mol. The summed E-state index contributed by atoms with van der Waals surface area (Å²) in [6, 6.07) is 2.81. The van der Waals surface area contributed by atoms with E-state index >= 15 is 0 Å². The molecule has 0 aliphatic heterocycles. The molecule has 0 spiro atoms. The van der Waals surface area contributed by atoms with Crippen molar-refractivity contribution in [2.45, 2.75) is 24.2 Å². The summed E-state index contributed by atoms with van der Waals surface area (Å²) in [7, 11) is 0. The number of aryl methyl sites for hydroxylation is 1. The maximum Gasteiger partial charge on any atom is 0.230 e. The molecule has 7 heteroatoms. The van der Waals surface area contributed by atoms with Gasteiger partial charge in [-0.3, -0.25) is 4.79 Å². The molecule has 1 atom stereocenters. The Morgan fingerprint density at radius 1 is 1.48 bits per heavy atom. The van der Waals surface area contributed by atoms with Crippen molar-refractivity contribution in [1.29, 1.82) is 0 Å². The quantitative estimate of drug-likeness (QED) is 0.851. The smallest absolute Gasteiger partial charge is 0.230 e. The molecule has 21 heavy (non-hydrogen) atoms. The molecule has 112 valence electrons. The number of amides is 1. The summed E-state index contributed by atoms with van der Waals surface area (Å²) in [5.74, 6) is -1.31. The van der Waals surface area contributed by atoms with Crippen molar-refractivity contribution in [2.75, 3.05) is 5.75 Å². The highest BCUT2D eigenvalue weighted by molar-refractivity contribution is 8.01. The van der Waals surface area contributed by atoms with Gasteiger partial charge in [0.2, 0.25) is 5.91 Å². The number of halogens is 2. The molecule has 0 bridgehead atoms. The second-order valence-electron chi connectivity index (χ2n) is 4.50. The lowest BCUT2D eigenvalue weighted by atomic mass is 10.1. The van der Waals surface area contributed by atoms with Gasteiger partial charge in [0, 0.05) is 22.7 Å². The Morgan fingerprint density at radius 3 is 2.86 bits per heavy atom. The Balaban J connectivity index is 1.89. The maximum absolute atomic E-state index is 13.6. The molecule has 1 heterocycles. The highest BCUT2D eigenvalue weighted by Crippen LogP contribution is 2.23. The van der Waals surface area contributed by atoms with Crippen LogP contribution in [0.1, 0.15) is 24.2 Å². The zero-order valence-corrected chi connectivity index (χ0v) is 13.2. The summed E-state index contributed by atoms with van der Waals surface area (Å²) in [5, 5.41) is 4.60. The van der Waals surface area contributed by atoms with Crippen LogP contribution in [0.15, 0.2) is 27.9 Å². The number of carbonyl (C=O) groups is 1. The van der Waals surface area contributed by atoms with Gasteiger partial charge >= 0.3 is 0 Å². The van der Waals surface area contributed by atoms with Crippen LogP contribution in [0.5, 0.6) is 0 Å². The van der Waals surface area contributed by atoms with Gasteiger partial charge in [0.05, 0.1) is 11.8 Å². The minimum atomic E-state index is -0.661. The third-order valence-corrected chi connectivity index (χ3v) is 4.87. The first-order chi connectivity index (χ1) is 9.95. The second-order valence-corrected chi connectivity index (χ2v) is 6.58. The normalized spacial score (nSPS) is 12.2. The lowest BCUT2D eigenvalue weighted by Crippen LogP contribution is -2.28. The number of nitrogens with zero attached hydrogens (tertiary/aromatic N) is 1. The average Bonchev–Trinajstić information content (AvgIpc) is 2.82. The number of benzene rings is 1. The number of carbonyl (C=O) groups excluding carboxylic acids is 1. The molecular weight excluding hydrogens is 314 g/mol. The molecule has 0 saturated heterocycles. The largest absolute Gasteiger partial charge is 0.349 e. The minimum Gasteiger partial charge on any atom is -0.349 e. The number of nitrogens with one attached hydrogen (secondary N) is 1. The van der Waals surface area contributed by atoms with E-state index in [2.05, 4.69) is 10.3 Å². The molecule has 0 radical (unpaired) electrons. The predicted octanol–water partition coefficient (Wildman–Crippen LogP) is 3.70. The Labute approximate surface area is 129 Å². The molecule has 0 fully saturated rings. The van der Waals surface area contributed by atoms with E-state index in [4.69, 9.17) is 0 Å². The first-order valence-corrected chi connectivity index (χ1v) is 8.11. The van der Waals surface area contributed by atoms with E-state index in [1.165, 1.54) is 35.2 Å². The van der Waals surface area contributed by atoms with Crippen LogP contribution in [0.4, 0.5) is 8.78 Å². The molecule has 0 unspecified atom stereocenters. The maximum atomic E-state index is 13.6. The third kappa shape index (κ3) is 4.50.